The van der Waals surface area contributed by atoms with Crippen molar-refractivity contribution in [3.05, 3.63) is 49.8 Å². The highest BCUT2D eigenvalue weighted by Gasteiger charge is 2.06. The fourth-order valence-corrected chi connectivity index (χ4v) is 3.78. The van der Waals surface area contributed by atoms with E-state index in [4.69, 9.17) is 0 Å². The Labute approximate surface area is 82.0 Å². The SMILES string of the molecule is C=CC[SiH](CC=C)Cn1cccc1. The first-order chi connectivity index (χ1) is 6.36. The molecule has 0 bridgehead atoms. The minimum absolute atomic E-state index is 0.700. The molecule has 1 aromatic heterocycles. The third-order valence-corrected chi connectivity index (χ3v) is 5.07. The Morgan fingerprint density at radius 3 is 2.08 bits per heavy atom. The summed E-state index contributed by atoms with van der Waals surface area (Å²) in [6.07, 6.45) is 9.55. The molecule has 70 valence electrons. The maximum atomic E-state index is 3.80. The van der Waals surface area contributed by atoms with Gasteiger partial charge in [0.05, 0.1) is 8.80 Å². The third kappa shape index (κ3) is 3.47. The van der Waals surface area contributed by atoms with Gasteiger partial charge in [-0.15, -0.1) is 13.2 Å². The van der Waals surface area contributed by atoms with Gasteiger partial charge in [-0.05, 0) is 24.2 Å². The Morgan fingerprint density at radius 1 is 1.08 bits per heavy atom. The maximum Gasteiger partial charge on any atom is 0.0676 e. The van der Waals surface area contributed by atoms with Crippen molar-refractivity contribution in [2.75, 3.05) is 0 Å². The Bertz CT molecular complexity index is 241. The lowest BCUT2D eigenvalue weighted by molar-refractivity contribution is 0.868. The van der Waals surface area contributed by atoms with Gasteiger partial charge in [0.2, 0.25) is 0 Å². The molecule has 0 saturated carbocycles. The highest BCUT2D eigenvalue weighted by Crippen LogP contribution is 2.05. The molecule has 13 heavy (non-hydrogen) atoms. The number of nitrogens with zero attached hydrogens (tertiary/aromatic N) is 1. The average molecular weight is 191 g/mol. The molecule has 1 aromatic rings. The zero-order valence-electron chi connectivity index (χ0n) is 8.02. The molecule has 0 atom stereocenters. The summed E-state index contributed by atoms with van der Waals surface area (Å²) < 4.78 is 2.27. The summed E-state index contributed by atoms with van der Waals surface area (Å²) in [6.45, 7) is 7.61. The third-order valence-electron chi connectivity index (χ3n) is 2.14. The van der Waals surface area contributed by atoms with Gasteiger partial charge in [-0.3, -0.25) is 0 Å². The fraction of sp³-hybridized carbons (Fsp3) is 0.273. The van der Waals surface area contributed by atoms with E-state index in [1.807, 2.05) is 12.2 Å². The van der Waals surface area contributed by atoms with Gasteiger partial charge in [-0.2, -0.15) is 0 Å². The van der Waals surface area contributed by atoms with Crippen LogP contribution in [0.2, 0.25) is 12.1 Å². The minimum Gasteiger partial charge on any atom is -0.357 e. The van der Waals surface area contributed by atoms with Crippen LogP contribution in [-0.4, -0.2) is 13.4 Å². The molecule has 1 rings (SSSR count). The van der Waals surface area contributed by atoms with E-state index >= 15 is 0 Å². The Balaban J connectivity index is 2.46. The summed E-state index contributed by atoms with van der Waals surface area (Å²) in [5.41, 5.74) is 0. The van der Waals surface area contributed by atoms with E-state index in [0.29, 0.717) is 0 Å². The van der Waals surface area contributed by atoms with E-state index in [1.165, 1.54) is 18.3 Å². The zero-order valence-corrected chi connectivity index (χ0v) is 9.18. The second-order valence-corrected chi connectivity index (χ2v) is 6.33. The summed E-state index contributed by atoms with van der Waals surface area (Å²) in [7, 11) is -0.700. The first kappa shape index (κ1) is 10.1. The average Bonchev–Trinajstić information content (AvgIpc) is 2.58. The maximum absolute atomic E-state index is 3.80. The molecule has 2 heteroatoms. The highest BCUT2D eigenvalue weighted by molar-refractivity contribution is 6.58. The Kier molecular flexibility index (Phi) is 4.33. The lowest BCUT2D eigenvalue weighted by Crippen LogP contribution is -2.18. The van der Waals surface area contributed by atoms with Crippen LogP contribution in [0.5, 0.6) is 0 Å². The fourth-order valence-electron chi connectivity index (χ4n) is 1.51. The van der Waals surface area contributed by atoms with Gasteiger partial charge in [0, 0.05) is 18.6 Å². The smallest absolute Gasteiger partial charge is 0.0676 e. The van der Waals surface area contributed by atoms with Gasteiger partial charge in [0.1, 0.15) is 0 Å². The molecular formula is C11H17NSi. The molecule has 0 fully saturated rings. The van der Waals surface area contributed by atoms with Crippen LogP contribution < -0.4 is 0 Å². The van der Waals surface area contributed by atoms with Crippen LogP contribution in [0.4, 0.5) is 0 Å². The minimum atomic E-state index is -0.700. The summed E-state index contributed by atoms with van der Waals surface area (Å²) in [5, 5.41) is 0. The summed E-state index contributed by atoms with van der Waals surface area (Å²) in [4.78, 5) is 0. The van der Waals surface area contributed by atoms with Crippen molar-refractivity contribution >= 4 is 8.80 Å². The van der Waals surface area contributed by atoms with Crippen molar-refractivity contribution < 1.29 is 0 Å². The largest absolute Gasteiger partial charge is 0.357 e. The van der Waals surface area contributed by atoms with E-state index in [0.717, 1.165) is 0 Å². The second-order valence-electron chi connectivity index (χ2n) is 3.29. The molecular weight excluding hydrogens is 174 g/mol. The number of hydrogen-bond donors (Lipinski definition) is 0. The van der Waals surface area contributed by atoms with Gasteiger partial charge in [-0.1, -0.05) is 12.2 Å². The summed E-state index contributed by atoms with van der Waals surface area (Å²) in [5.74, 6) is 0. The number of aromatic nitrogens is 1. The molecule has 0 aromatic carbocycles. The standard InChI is InChI=1S/C11H17NSi/c1-3-9-13(10-4-2)11-12-7-5-6-8-12/h3-8,13H,1-2,9-11H2. The lowest BCUT2D eigenvalue weighted by Gasteiger charge is -2.11. The number of rotatable bonds is 6. The van der Waals surface area contributed by atoms with Crippen LogP contribution in [0, 0.1) is 0 Å². The normalized spacial score (nSPS) is 10.2. The molecule has 0 amide bonds. The molecule has 0 N–H and O–H groups in total. The van der Waals surface area contributed by atoms with Crippen LogP contribution >= 0.6 is 0 Å². The van der Waals surface area contributed by atoms with Crippen LogP contribution in [-0.2, 0) is 6.17 Å². The monoisotopic (exact) mass is 191 g/mol. The first-order valence-electron chi connectivity index (χ1n) is 4.69. The van der Waals surface area contributed by atoms with Gasteiger partial charge in [0.25, 0.3) is 0 Å². The van der Waals surface area contributed by atoms with E-state index in [-0.39, 0.29) is 0 Å². The molecule has 1 heterocycles. The van der Waals surface area contributed by atoms with E-state index < -0.39 is 8.80 Å². The van der Waals surface area contributed by atoms with Crippen molar-refractivity contribution in [3.63, 3.8) is 0 Å². The van der Waals surface area contributed by atoms with Crippen molar-refractivity contribution in [3.8, 4) is 0 Å². The highest BCUT2D eigenvalue weighted by atomic mass is 28.3. The van der Waals surface area contributed by atoms with Crippen LogP contribution in [0.1, 0.15) is 0 Å². The molecule has 0 aliphatic heterocycles. The molecule has 0 unspecified atom stereocenters. The van der Waals surface area contributed by atoms with Crippen LogP contribution in [0.3, 0.4) is 0 Å². The molecule has 0 spiro atoms. The summed E-state index contributed by atoms with van der Waals surface area (Å²) in [6, 6.07) is 6.55. The number of hydrogen-bond acceptors (Lipinski definition) is 0. The topological polar surface area (TPSA) is 4.93 Å². The quantitative estimate of drug-likeness (QED) is 0.481. The predicted molar refractivity (Wildman–Crippen MR) is 61.6 cm³/mol. The van der Waals surface area contributed by atoms with Gasteiger partial charge in [-0.25, -0.2) is 0 Å². The Hall–Kier alpha value is -1.02. The van der Waals surface area contributed by atoms with E-state index in [9.17, 15) is 0 Å². The second kappa shape index (κ2) is 5.59. The zero-order chi connectivity index (χ0) is 9.52. The molecule has 0 saturated heterocycles. The van der Waals surface area contributed by atoms with Gasteiger partial charge in [0.15, 0.2) is 0 Å². The van der Waals surface area contributed by atoms with Crippen LogP contribution in [0.15, 0.2) is 49.8 Å². The van der Waals surface area contributed by atoms with Crippen molar-refractivity contribution in [1.29, 1.82) is 0 Å². The molecule has 1 nitrogen and oxygen atoms in total. The molecule has 0 radical (unpaired) electrons. The van der Waals surface area contributed by atoms with Crippen molar-refractivity contribution in [2.45, 2.75) is 18.3 Å². The van der Waals surface area contributed by atoms with Crippen molar-refractivity contribution in [1.82, 2.24) is 4.57 Å². The molecule has 0 aliphatic carbocycles. The van der Waals surface area contributed by atoms with Gasteiger partial charge >= 0.3 is 0 Å². The first-order valence-corrected chi connectivity index (χ1v) is 7.14. The van der Waals surface area contributed by atoms with Crippen LogP contribution in [0.25, 0.3) is 0 Å². The lowest BCUT2D eigenvalue weighted by atomic mass is 10.7. The number of allylic oxidation sites excluding steroid dienone is 2. The van der Waals surface area contributed by atoms with Gasteiger partial charge < -0.3 is 4.57 Å². The predicted octanol–water partition coefficient (Wildman–Crippen LogP) is 2.63. The van der Waals surface area contributed by atoms with E-state index in [2.05, 4.69) is 42.3 Å². The van der Waals surface area contributed by atoms with Crippen molar-refractivity contribution in [2.24, 2.45) is 0 Å². The molecule has 0 aliphatic rings. The Morgan fingerprint density at radius 2 is 1.62 bits per heavy atom. The summed E-state index contributed by atoms with van der Waals surface area (Å²) >= 11 is 0. The van der Waals surface area contributed by atoms with E-state index in [1.54, 1.807) is 0 Å².